The number of ether oxygens (including phenoxy) is 4. The first-order chi connectivity index (χ1) is 9.17. The van der Waals surface area contributed by atoms with Gasteiger partial charge in [0, 0.05) is 6.08 Å². The van der Waals surface area contributed by atoms with Crippen LogP contribution in [0.1, 0.15) is 5.56 Å². The van der Waals surface area contributed by atoms with Crippen molar-refractivity contribution in [1.29, 1.82) is 0 Å². The third-order valence-corrected chi connectivity index (χ3v) is 2.88. The first-order valence-electron chi connectivity index (χ1n) is 5.83. The SMILES string of the molecule is COc1cc(CC2=CC(=O)OC2)cc(OC)c1OC. The first kappa shape index (κ1) is 13.3. The summed E-state index contributed by atoms with van der Waals surface area (Å²) in [7, 11) is 4.71. The van der Waals surface area contributed by atoms with Crippen LogP contribution in [0, 0.1) is 0 Å². The lowest BCUT2D eigenvalue weighted by molar-refractivity contribution is -0.134. The van der Waals surface area contributed by atoms with E-state index in [9.17, 15) is 4.79 Å². The lowest BCUT2D eigenvalue weighted by Gasteiger charge is -2.14. The normalized spacial score (nSPS) is 13.8. The number of cyclic esters (lactones) is 1. The quantitative estimate of drug-likeness (QED) is 0.758. The zero-order valence-corrected chi connectivity index (χ0v) is 11.2. The number of rotatable bonds is 5. The molecule has 5 nitrogen and oxygen atoms in total. The molecule has 1 heterocycles. The third kappa shape index (κ3) is 2.81. The summed E-state index contributed by atoms with van der Waals surface area (Å²) in [5.74, 6) is 1.47. The van der Waals surface area contributed by atoms with Gasteiger partial charge in [0.1, 0.15) is 6.61 Å². The number of methoxy groups -OCH3 is 3. The molecule has 102 valence electrons. The van der Waals surface area contributed by atoms with Gasteiger partial charge in [-0.25, -0.2) is 4.79 Å². The summed E-state index contributed by atoms with van der Waals surface area (Å²) in [5.41, 5.74) is 1.90. The van der Waals surface area contributed by atoms with Gasteiger partial charge in [0.15, 0.2) is 11.5 Å². The minimum atomic E-state index is -0.289. The zero-order chi connectivity index (χ0) is 13.8. The average Bonchev–Trinajstić information content (AvgIpc) is 2.82. The highest BCUT2D eigenvalue weighted by Crippen LogP contribution is 2.38. The predicted molar refractivity (Wildman–Crippen MR) is 68.8 cm³/mol. The maximum atomic E-state index is 11.0. The minimum Gasteiger partial charge on any atom is -0.493 e. The summed E-state index contributed by atoms with van der Waals surface area (Å²) >= 11 is 0. The molecule has 0 saturated carbocycles. The van der Waals surface area contributed by atoms with Crippen LogP contribution in [0.4, 0.5) is 0 Å². The topological polar surface area (TPSA) is 54.0 Å². The van der Waals surface area contributed by atoms with Gasteiger partial charge in [-0.1, -0.05) is 0 Å². The molecule has 0 N–H and O–H groups in total. The van der Waals surface area contributed by atoms with E-state index in [1.165, 1.54) is 6.08 Å². The summed E-state index contributed by atoms with van der Waals surface area (Å²) in [6.07, 6.45) is 2.13. The van der Waals surface area contributed by atoms with Gasteiger partial charge in [-0.2, -0.15) is 0 Å². The van der Waals surface area contributed by atoms with Gasteiger partial charge in [0.2, 0.25) is 5.75 Å². The maximum absolute atomic E-state index is 11.0. The van der Waals surface area contributed by atoms with E-state index in [1.54, 1.807) is 21.3 Å². The van der Waals surface area contributed by atoms with Crippen LogP contribution in [-0.2, 0) is 16.0 Å². The number of esters is 1. The summed E-state index contributed by atoms with van der Waals surface area (Å²) in [6.45, 7) is 0.343. The monoisotopic (exact) mass is 264 g/mol. The van der Waals surface area contributed by atoms with Gasteiger partial charge >= 0.3 is 5.97 Å². The zero-order valence-electron chi connectivity index (χ0n) is 11.2. The van der Waals surface area contributed by atoms with Crippen LogP contribution < -0.4 is 14.2 Å². The van der Waals surface area contributed by atoms with Gasteiger partial charge in [-0.3, -0.25) is 0 Å². The van der Waals surface area contributed by atoms with Gasteiger partial charge in [-0.05, 0) is 29.7 Å². The summed E-state index contributed by atoms with van der Waals surface area (Å²) < 4.78 is 20.7. The van der Waals surface area contributed by atoms with Crippen LogP contribution in [0.2, 0.25) is 0 Å². The Balaban J connectivity index is 2.31. The number of carbonyl (C=O) groups is 1. The van der Waals surface area contributed by atoms with Crippen LogP contribution in [0.5, 0.6) is 17.2 Å². The highest BCUT2D eigenvalue weighted by Gasteiger charge is 2.17. The number of hydrogen-bond donors (Lipinski definition) is 0. The molecule has 2 rings (SSSR count). The molecule has 1 aliphatic heterocycles. The van der Waals surface area contributed by atoms with Crippen LogP contribution in [0.25, 0.3) is 0 Å². The Kier molecular flexibility index (Phi) is 3.94. The molecule has 0 aliphatic carbocycles. The van der Waals surface area contributed by atoms with Crippen molar-refractivity contribution in [3.8, 4) is 17.2 Å². The Bertz CT molecular complexity index is 494. The Hall–Kier alpha value is -2.17. The number of benzene rings is 1. The molecule has 1 aliphatic rings. The van der Waals surface area contributed by atoms with Crippen LogP contribution in [0.3, 0.4) is 0 Å². The van der Waals surface area contributed by atoms with E-state index in [2.05, 4.69) is 0 Å². The molecule has 0 spiro atoms. The molecule has 0 amide bonds. The molecule has 0 unspecified atom stereocenters. The van der Waals surface area contributed by atoms with Crippen molar-refractivity contribution in [3.63, 3.8) is 0 Å². The average molecular weight is 264 g/mol. The molecule has 0 bridgehead atoms. The number of hydrogen-bond acceptors (Lipinski definition) is 5. The van der Waals surface area contributed by atoms with E-state index < -0.39 is 0 Å². The molecule has 1 aromatic carbocycles. The van der Waals surface area contributed by atoms with Gasteiger partial charge in [0.25, 0.3) is 0 Å². The fourth-order valence-electron chi connectivity index (χ4n) is 2.02. The molecule has 0 atom stereocenters. The van der Waals surface area contributed by atoms with Crippen molar-refractivity contribution in [2.45, 2.75) is 6.42 Å². The molecule has 0 saturated heterocycles. The second-order valence-electron chi connectivity index (χ2n) is 4.12. The lowest BCUT2D eigenvalue weighted by atomic mass is 10.0. The van der Waals surface area contributed by atoms with Crippen LogP contribution >= 0.6 is 0 Å². The second-order valence-corrected chi connectivity index (χ2v) is 4.12. The highest BCUT2D eigenvalue weighted by molar-refractivity contribution is 5.85. The van der Waals surface area contributed by atoms with Crippen LogP contribution in [-0.4, -0.2) is 33.9 Å². The third-order valence-electron chi connectivity index (χ3n) is 2.88. The van der Waals surface area contributed by atoms with Crippen molar-refractivity contribution in [2.75, 3.05) is 27.9 Å². The van der Waals surface area contributed by atoms with E-state index in [-0.39, 0.29) is 5.97 Å². The van der Waals surface area contributed by atoms with Crippen molar-refractivity contribution in [1.82, 2.24) is 0 Å². The second kappa shape index (κ2) is 5.65. The Morgan fingerprint density at radius 1 is 1.11 bits per heavy atom. The summed E-state index contributed by atoms with van der Waals surface area (Å²) in [5, 5.41) is 0. The van der Waals surface area contributed by atoms with E-state index in [0.29, 0.717) is 30.3 Å². The van der Waals surface area contributed by atoms with E-state index in [0.717, 1.165) is 11.1 Å². The molecule has 1 aromatic rings. The highest BCUT2D eigenvalue weighted by atomic mass is 16.5. The van der Waals surface area contributed by atoms with E-state index in [1.807, 2.05) is 12.1 Å². The lowest BCUT2D eigenvalue weighted by Crippen LogP contribution is -1.99. The Labute approximate surface area is 111 Å². The standard InChI is InChI=1S/C14H16O5/c1-16-11-5-9(4-10-7-13(15)19-8-10)6-12(17-2)14(11)18-3/h5-7H,4,8H2,1-3H3. The van der Waals surface area contributed by atoms with Crippen LogP contribution in [0.15, 0.2) is 23.8 Å². The van der Waals surface area contributed by atoms with Gasteiger partial charge in [0.05, 0.1) is 21.3 Å². The van der Waals surface area contributed by atoms with Crippen molar-refractivity contribution >= 4 is 5.97 Å². The minimum absolute atomic E-state index is 0.289. The van der Waals surface area contributed by atoms with Crippen molar-refractivity contribution < 1.29 is 23.7 Å². The molecule has 5 heteroatoms. The molecule has 0 aromatic heterocycles. The summed E-state index contributed by atoms with van der Waals surface area (Å²) in [4.78, 5) is 11.0. The fraction of sp³-hybridized carbons (Fsp3) is 0.357. The molecular formula is C14H16O5. The predicted octanol–water partition coefficient (Wildman–Crippen LogP) is 1.74. The molecule has 19 heavy (non-hydrogen) atoms. The summed E-state index contributed by atoms with van der Waals surface area (Å²) in [6, 6.07) is 3.73. The Morgan fingerprint density at radius 2 is 1.74 bits per heavy atom. The Morgan fingerprint density at radius 3 is 2.16 bits per heavy atom. The molecule has 0 fully saturated rings. The largest absolute Gasteiger partial charge is 0.493 e. The fourth-order valence-corrected chi connectivity index (χ4v) is 2.02. The van der Waals surface area contributed by atoms with Crippen molar-refractivity contribution in [3.05, 3.63) is 29.3 Å². The smallest absolute Gasteiger partial charge is 0.331 e. The van der Waals surface area contributed by atoms with E-state index >= 15 is 0 Å². The number of carbonyl (C=O) groups excluding carboxylic acids is 1. The van der Waals surface area contributed by atoms with E-state index in [4.69, 9.17) is 18.9 Å². The molecular weight excluding hydrogens is 248 g/mol. The first-order valence-corrected chi connectivity index (χ1v) is 5.83. The molecule has 0 radical (unpaired) electrons. The van der Waals surface area contributed by atoms with Crippen molar-refractivity contribution in [2.24, 2.45) is 0 Å². The maximum Gasteiger partial charge on any atom is 0.331 e. The van der Waals surface area contributed by atoms with Gasteiger partial charge in [-0.15, -0.1) is 0 Å². The van der Waals surface area contributed by atoms with Gasteiger partial charge < -0.3 is 18.9 Å².